The van der Waals surface area contributed by atoms with Crippen molar-refractivity contribution in [3.8, 4) is 39.9 Å². The summed E-state index contributed by atoms with van der Waals surface area (Å²) in [5, 5.41) is 1.24. The summed E-state index contributed by atoms with van der Waals surface area (Å²) in [6, 6.07) is 35.1. The molecule has 2 aromatic heterocycles. The van der Waals surface area contributed by atoms with Crippen LogP contribution in [0.15, 0.2) is 126 Å². The Morgan fingerprint density at radius 3 is 1.82 bits per heavy atom. The molecule has 0 fully saturated rings. The van der Waals surface area contributed by atoms with Crippen LogP contribution in [-0.2, 0) is 6.42 Å². The normalized spacial score (nSPS) is 12.4. The average molecular weight is 567 g/mol. The van der Waals surface area contributed by atoms with E-state index in [0.29, 0.717) is 17.5 Å². The highest BCUT2D eigenvalue weighted by Crippen LogP contribution is 2.35. The molecule has 0 bridgehead atoms. The maximum absolute atomic E-state index is 4.88. The largest absolute Gasteiger partial charge is 0.313 e. The van der Waals surface area contributed by atoms with Crippen LogP contribution in [0.1, 0.15) is 11.3 Å². The minimum Gasteiger partial charge on any atom is -0.313 e. The molecule has 1 aliphatic carbocycles. The van der Waals surface area contributed by atoms with Crippen molar-refractivity contribution in [2.45, 2.75) is 6.42 Å². The van der Waals surface area contributed by atoms with Crippen molar-refractivity contribution in [3.05, 3.63) is 137 Å². The highest BCUT2D eigenvalue weighted by Gasteiger charge is 2.18. The highest BCUT2D eigenvalue weighted by molar-refractivity contribution is 9.10. The molecule has 0 saturated carbocycles. The Morgan fingerprint density at radius 2 is 1.21 bits per heavy atom. The lowest BCUT2D eigenvalue weighted by Crippen LogP contribution is -2.02. The van der Waals surface area contributed by atoms with Crippen LogP contribution in [0.2, 0.25) is 0 Å². The second-order valence-electron chi connectivity index (χ2n) is 9.43. The molecular formula is C34H23BrN4. The zero-order chi connectivity index (χ0) is 26.2. The first-order valence-corrected chi connectivity index (χ1v) is 13.7. The lowest BCUT2D eigenvalue weighted by molar-refractivity contribution is 1.00. The molecule has 39 heavy (non-hydrogen) atoms. The monoisotopic (exact) mass is 566 g/mol. The van der Waals surface area contributed by atoms with E-state index < -0.39 is 0 Å². The van der Waals surface area contributed by atoms with E-state index in [1.807, 2.05) is 60.7 Å². The first-order valence-electron chi connectivity index (χ1n) is 12.9. The Bertz CT molecular complexity index is 1810. The standard InChI is InChI=1S/C34H23BrN4/c35-26-18-21-31-29(22-26)28-14-8-3-9-15-30(28)39(31)27-19-16-25(17-20-27)34-37-32(23-10-4-1-5-11-23)36-33(38-34)24-12-6-2-7-13-24/h1-14,16-22H,15H2. The molecule has 0 amide bonds. The number of aromatic nitrogens is 4. The molecule has 0 N–H and O–H groups in total. The van der Waals surface area contributed by atoms with E-state index in [1.165, 1.54) is 22.2 Å². The smallest absolute Gasteiger partial charge is 0.164 e. The molecule has 0 aliphatic heterocycles. The fourth-order valence-corrected chi connectivity index (χ4v) is 5.49. The Labute approximate surface area is 235 Å². The van der Waals surface area contributed by atoms with Crippen LogP contribution in [0.4, 0.5) is 0 Å². The molecule has 0 unspecified atom stereocenters. The van der Waals surface area contributed by atoms with Gasteiger partial charge in [-0.1, -0.05) is 101 Å². The number of fused-ring (bicyclic) bond motifs is 3. The van der Waals surface area contributed by atoms with Gasteiger partial charge >= 0.3 is 0 Å². The van der Waals surface area contributed by atoms with Gasteiger partial charge in [-0.3, -0.25) is 0 Å². The highest BCUT2D eigenvalue weighted by atomic mass is 79.9. The molecule has 0 saturated heterocycles. The summed E-state index contributed by atoms with van der Waals surface area (Å²) in [5.41, 5.74) is 7.70. The van der Waals surface area contributed by atoms with Crippen LogP contribution >= 0.6 is 15.9 Å². The van der Waals surface area contributed by atoms with Crippen LogP contribution in [0, 0.1) is 0 Å². The first-order chi connectivity index (χ1) is 19.2. The van der Waals surface area contributed by atoms with Crippen molar-refractivity contribution in [1.82, 2.24) is 19.5 Å². The lowest BCUT2D eigenvalue weighted by atomic mass is 10.1. The maximum Gasteiger partial charge on any atom is 0.164 e. The van der Waals surface area contributed by atoms with E-state index in [4.69, 9.17) is 15.0 Å². The van der Waals surface area contributed by atoms with Gasteiger partial charge in [0.1, 0.15) is 0 Å². The zero-order valence-corrected chi connectivity index (χ0v) is 22.6. The summed E-state index contributed by atoms with van der Waals surface area (Å²) in [4.78, 5) is 14.6. The van der Waals surface area contributed by atoms with E-state index >= 15 is 0 Å². The predicted molar refractivity (Wildman–Crippen MR) is 163 cm³/mol. The van der Waals surface area contributed by atoms with Crippen molar-refractivity contribution < 1.29 is 0 Å². The molecule has 1 aliphatic rings. The van der Waals surface area contributed by atoms with Gasteiger partial charge in [-0.05, 0) is 42.5 Å². The summed E-state index contributed by atoms with van der Waals surface area (Å²) in [7, 11) is 0. The quantitative estimate of drug-likeness (QED) is 0.214. The molecule has 5 heteroatoms. The molecule has 0 radical (unpaired) electrons. The second kappa shape index (κ2) is 9.93. The Kier molecular flexibility index (Phi) is 5.99. The van der Waals surface area contributed by atoms with E-state index in [1.54, 1.807) is 0 Å². The van der Waals surface area contributed by atoms with Gasteiger partial charge in [-0.15, -0.1) is 0 Å². The molecule has 6 aromatic rings. The number of nitrogens with zero attached hydrogens (tertiary/aromatic N) is 4. The van der Waals surface area contributed by atoms with E-state index in [-0.39, 0.29) is 0 Å². The predicted octanol–water partition coefficient (Wildman–Crippen LogP) is 8.70. The number of hydrogen-bond acceptors (Lipinski definition) is 3. The maximum atomic E-state index is 4.88. The molecule has 4 aromatic carbocycles. The molecule has 0 atom stereocenters. The topological polar surface area (TPSA) is 43.6 Å². The third-order valence-corrected chi connectivity index (χ3v) is 7.47. The number of halogens is 1. The van der Waals surface area contributed by atoms with Crippen LogP contribution in [0.25, 0.3) is 56.8 Å². The summed E-state index contributed by atoms with van der Waals surface area (Å²) in [5.74, 6) is 1.98. The van der Waals surface area contributed by atoms with Gasteiger partial charge < -0.3 is 4.57 Å². The van der Waals surface area contributed by atoms with Crippen LogP contribution in [-0.4, -0.2) is 19.5 Å². The number of rotatable bonds is 4. The van der Waals surface area contributed by atoms with E-state index in [2.05, 4.69) is 87.3 Å². The van der Waals surface area contributed by atoms with E-state index in [0.717, 1.165) is 33.3 Å². The van der Waals surface area contributed by atoms with Gasteiger partial charge in [0.05, 0.1) is 5.52 Å². The Morgan fingerprint density at radius 1 is 0.615 bits per heavy atom. The van der Waals surface area contributed by atoms with Crippen molar-refractivity contribution in [2.24, 2.45) is 0 Å². The molecule has 4 nitrogen and oxygen atoms in total. The summed E-state index contributed by atoms with van der Waals surface area (Å²) in [6.07, 6.45) is 9.52. The van der Waals surface area contributed by atoms with Gasteiger partial charge in [-0.2, -0.15) is 0 Å². The summed E-state index contributed by atoms with van der Waals surface area (Å²) in [6.45, 7) is 0. The third kappa shape index (κ3) is 4.41. The van der Waals surface area contributed by atoms with Crippen molar-refractivity contribution in [1.29, 1.82) is 0 Å². The van der Waals surface area contributed by atoms with Gasteiger partial charge in [0.15, 0.2) is 17.5 Å². The second-order valence-corrected chi connectivity index (χ2v) is 10.3. The number of benzene rings is 4. The van der Waals surface area contributed by atoms with Crippen LogP contribution < -0.4 is 0 Å². The van der Waals surface area contributed by atoms with Gasteiger partial charge in [0, 0.05) is 49.9 Å². The van der Waals surface area contributed by atoms with Gasteiger partial charge in [-0.25, -0.2) is 15.0 Å². The van der Waals surface area contributed by atoms with Crippen molar-refractivity contribution in [2.75, 3.05) is 0 Å². The average Bonchev–Trinajstić information content (AvgIpc) is 3.12. The minimum atomic E-state index is 0.653. The van der Waals surface area contributed by atoms with Gasteiger partial charge in [0.25, 0.3) is 0 Å². The number of allylic oxidation sites excluding steroid dienone is 3. The van der Waals surface area contributed by atoms with Crippen molar-refractivity contribution >= 4 is 32.9 Å². The molecular weight excluding hydrogens is 544 g/mol. The molecule has 7 rings (SSSR count). The third-order valence-electron chi connectivity index (χ3n) is 6.97. The van der Waals surface area contributed by atoms with Gasteiger partial charge in [0.2, 0.25) is 0 Å². The Hall–Kier alpha value is -4.61. The van der Waals surface area contributed by atoms with E-state index in [9.17, 15) is 0 Å². The fourth-order valence-electron chi connectivity index (χ4n) is 5.13. The zero-order valence-electron chi connectivity index (χ0n) is 21.0. The Balaban J connectivity index is 1.35. The molecule has 186 valence electrons. The fraction of sp³-hybridized carbons (Fsp3) is 0.0294. The molecule has 2 heterocycles. The van der Waals surface area contributed by atoms with Crippen LogP contribution in [0.5, 0.6) is 0 Å². The minimum absolute atomic E-state index is 0.653. The van der Waals surface area contributed by atoms with Crippen molar-refractivity contribution in [3.63, 3.8) is 0 Å². The summed E-state index contributed by atoms with van der Waals surface area (Å²) >= 11 is 3.66. The number of hydrogen-bond donors (Lipinski definition) is 0. The van der Waals surface area contributed by atoms with Crippen LogP contribution in [0.3, 0.4) is 0 Å². The lowest BCUT2D eigenvalue weighted by Gasteiger charge is -2.12. The molecule has 0 spiro atoms. The SMILES string of the molecule is Brc1ccc2c(c1)c1c(n2-c2ccc(-c3nc(-c4ccccc4)nc(-c4ccccc4)n3)cc2)CC=CC=C1. The summed E-state index contributed by atoms with van der Waals surface area (Å²) < 4.78 is 3.44. The first kappa shape index (κ1) is 23.5.